The number of piperidine rings is 1. The quantitative estimate of drug-likeness (QED) is 0.922. The summed E-state index contributed by atoms with van der Waals surface area (Å²) in [5.74, 6) is 1.43. The second-order valence-corrected chi connectivity index (χ2v) is 6.49. The van der Waals surface area contributed by atoms with E-state index in [0.29, 0.717) is 5.92 Å². The first-order valence-corrected chi connectivity index (χ1v) is 7.59. The Balaban J connectivity index is 1.69. The lowest BCUT2D eigenvalue weighted by Gasteiger charge is -2.38. The van der Waals surface area contributed by atoms with Gasteiger partial charge < -0.3 is 10.6 Å². The van der Waals surface area contributed by atoms with Crippen LogP contribution >= 0.6 is 0 Å². The summed E-state index contributed by atoms with van der Waals surface area (Å²) < 4.78 is 37.8. The Morgan fingerprint density at radius 1 is 1.05 bits per heavy atom. The largest absolute Gasteiger partial charge is 0.416 e. The molecule has 2 atom stereocenters. The Hall–Kier alpha value is -1.23. The van der Waals surface area contributed by atoms with E-state index in [1.165, 1.54) is 19.3 Å². The number of rotatable bonds is 3. The van der Waals surface area contributed by atoms with E-state index in [1.54, 1.807) is 12.1 Å². The molecule has 116 valence electrons. The summed E-state index contributed by atoms with van der Waals surface area (Å²) >= 11 is 0. The number of hydrogen-bond donors (Lipinski definition) is 1. The van der Waals surface area contributed by atoms with E-state index < -0.39 is 11.7 Å². The van der Waals surface area contributed by atoms with Gasteiger partial charge >= 0.3 is 6.18 Å². The first-order valence-electron chi connectivity index (χ1n) is 7.59. The van der Waals surface area contributed by atoms with Gasteiger partial charge in [-0.05, 0) is 48.9 Å². The van der Waals surface area contributed by atoms with Gasteiger partial charge in [0.15, 0.2) is 0 Å². The fraction of sp³-hybridized carbons (Fsp3) is 0.625. The maximum atomic E-state index is 12.6. The number of alkyl halides is 3. The van der Waals surface area contributed by atoms with E-state index in [1.807, 2.05) is 0 Å². The lowest BCUT2D eigenvalue weighted by Crippen LogP contribution is -2.47. The smallest absolute Gasteiger partial charge is 0.370 e. The molecule has 5 heteroatoms. The van der Waals surface area contributed by atoms with E-state index in [9.17, 15) is 13.2 Å². The Kier molecular flexibility index (Phi) is 3.86. The zero-order chi connectivity index (χ0) is 15.0. The average Bonchev–Trinajstić information content (AvgIpc) is 3.21. The Morgan fingerprint density at radius 2 is 1.71 bits per heavy atom. The molecule has 0 amide bonds. The van der Waals surface area contributed by atoms with Gasteiger partial charge in [0.05, 0.1) is 5.56 Å². The maximum Gasteiger partial charge on any atom is 0.416 e. The van der Waals surface area contributed by atoms with Crippen LogP contribution in [0.15, 0.2) is 24.3 Å². The third-order valence-corrected chi connectivity index (χ3v) is 4.49. The molecule has 0 aromatic heterocycles. The molecular formula is C16H21F3N2. The van der Waals surface area contributed by atoms with Gasteiger partial charge in [0.1, 0.15) is 0 Å². The van der Waals surface area contributed by atoms with E-state index in [0.717, 1.165) is 43.2 Å². The SMILES string of the molecule is NC1CC(CC2CC2)CN(c2ccc(C(F)(F)F)cc2)C1. The van der Waals surface area contributed by atoms with Gasteiger partial charge in [-0.25, -0.2) is 0 Å². The average molecular weight is 298 g/mol. The van der Waals surface area contributed by atoms with Crippen molar-refractivity contribution in [2.75, 3.05) is 18.0 Å². The van der Waals surface area contributed by atoms with Crippen LogP contribution in [0.4, 0.5) is 18.9 Å². The summed E-state index contributed by atoms with van der Waals surface area (Å²) in [7, 11) is 0. The first kappa shape index (κ1) is 14.7. The highest BCUT2D eigenvalue weighted by Crippen LogP contribution is 2.38. The van der Waals surface area contributed by atoms with Crippen molar-refractivity contribution in [3.05, 3.63) is 29.8 Å². The molecule has 1 saturated carbocycles. The summed E-state index contributed by atoms with van der Waals surface area (Å²) in [6.45, 7) is 1.64. The van der Waals surface area contributed by atoms with E-state index >= 15 is 0 Å². The third kappa shape index (κ3) is 3.70. The number of hydrogen-bond acceptors (Lipinski definition) is 2. The molecule has 1 heterocycles. The normalized spacial score (nSPS) is 27.0. The van der Waals surface area contributed by atoms with E-state index in [4.69, 9.17) is 5.73 Å². The second kappa shape index (κ2) is 5.52. The molecule has 3 rings (SSSR count). The van der Waals surface area contributed by atoms with Crippen LogP contribution < -0.4 is 10.6 Å². The minimum absolute atomic E-state index is 0.116. The van der Waals surface area contributed by atoms with Gasteiger partial charge in [0.25, 0.3) is 0 Å². The lowest BCUT2D eigenvalue weighted by molar-refractivity contribution is -0.137. The number of halogens is 3. The van der Waals surface area contributed by atoms with Crippen molar-refractivity contribution in [2.45, 2.75) is 37.9 Å². The van der Waals surface area contributed by atoms with E-state index in [-0.39, 0.29) is 6.04 Å². The van der Waals surface area contributed by atoms with Crippen LogP contribution in [0.2, 0.25) is 0 Å². The highest BCUT2D eigenvalue weighted by Gasteiger charge is 2.32. The van der Waals surface area contributed by atoms with Crippen molar-refractivity contribution in [2.24, 2.45) is 17.6 Å². The molecule has 1 aliphatic carbocycles. The summed E-state index contributed by atoms with van der Waals surface area (Å²) in [4.78, 5) is 2.14. The van der Waals surface area contributed by atoms with Crippen LogP contribution in [0.3, 0.4) is 0 Å². The van der Waals surface area contributed by atoms with Crippen LogP contribution in [0.1, 0.15) is 31.2 Å². The van der Waals surface area contributed by atoms with Crippen LogP contribution in [-0.4, -0.2) is 19.1 Å². The zero-order valence-corrected chi connectivity index (χ0v) is 11.9. The Bertz CT molecular complexity index is 477. The van der Waals surface area contributed by atoms with Gasteiger partial charge in [-0.2, -0.15) is 13.2 Å². The molecule has 1 aromatic rings. The Morgan fingerprint density at radius 3 is 2.29 bits per heavy atom. The zero-order valence-electron chi connectivity index (χ0n) is 11.9. The monoisotopic (exact) mass is 298 g/mol. The summed E-state index contributed by atoms with van der Waals surface area (Å²) in [5.41, 5.74) is 6.38. The van der Waals surface area contributed by atoms with Crippen LogP contribution in [0.25, 0.3) is 0 Å². The molecular weight excluding hydrogens is 277 g/mol. The van der Waals surface area contributed by atoms with Crippen molar-refractivity contribution in [3.8, 4) is 0 Å². The van der Waals surface area contributed by atoms with Crippen molar-refractivity contribution < 1.29 is 13.2 Å². The van der Waals surface area contributed by atoms with Gasteiger partial charge in [-0.1, -0.05) is 12.8 Å². The molecule has 0 spiro atoms. The molecule has 2 nitrogen and oxygen atoms in total. The molecule has 1 saturated heterocycles. The maximum absolute atomic E-state index is 12.6. The van der Waals surface area contributed by atoms with E-state index in [2.05, 4.69) is 4.90 Å². The molecule has 2 unspecified atom stereocenters. The molecule has 21 heavy (non-hydrogen) atoms. The highest BCUT2D eigenvalue weighted by atomic mass is 19.4. The summed E-state index contributed by atoms with van der Waals surface area (Å²) in [6.07, 6.45) is 0.627. The topological polar surface area (TPSA) is 29.3 Å². The molecule has 1 aliphatic heterocycles. The third-order valence-electron chi connectivity index (χ3n) is 4.49. The van der Waals surface area contributed by atoms with Crippen molar-refractivity contribution in [3.63, 3.8) is 0 Å². The van der Waals surface area contributed by atoms with Crippen LogP contribution in [0.5, 0.6) is 0 Å². The summed E-state index contributed by atoms with van der Waals surface area (Å²) in [6, 6.07) is 5.56. The lowest BCUT2D eigenvalue weighted by atomic mass is 9.90. The summed E-state index contributed by atoms with van der Waals surface area (Å²) in [5, 5.41) is 0. The minimum Gasteiger partial charge on any atom is -0.370 e. The standard InChI is InChI=1S/C16H21F3N2/c17-16(18,19)13-3-5-15(6-4-13)21-9-12(7-11-1-2-11)8-14(20)10-21/h3-6,11-12,14H,1-2,7-10,20H2. The predicted octanol–water partition coefficient (Wildman–Crippen LogP) is 3.66. The fourth-order valence-corrected chi connectivity index (χ4v) is 3.31. The highest BCUT2D eigenvalue weighted by molar-refractivity contribution is 5.48. The molecule has 1 aromatic carbocycles. The van der Waals surface area contributed by atoms with Gasteiger partial charge in [0, 0.05) is 24.8 Å². The number of nitrogens with zero attached hydrogens (tertiary/aromatic N) is 1. The first-order chi connectivity index (χ1) is 9.91. The minimum atomic E-state index is -4.27. The van der Waals surface area contributed by atoms with Gasteiger partial charge in [0.2, 0.25) is 0 Å². The molecule has 0 bridgehead atoms. The molecule has 2 N–H and O–H groups in total. The van der Waals surface area contributed by atoms with Crippen molar-refractivity contribution in [1.29, 1.82) is 0 Å². The van der Waals surface area contributed by atoms with Gasteiger partial charge in [-0.15, -0.1) is 0 Å². The molecule has 2 aliphatic rings. The van der Waals surface area contributed by atoms with Crippen molar-refractivity contribution >= 4 is 5.69 Å². The van der Waals surface area contributed by atoms with Crippen molar-refractivity contribution in [1.82, 2.24) is 0 Å². The fourth-order valence-electron chi connectivity index (χ4n) is 3.31. The molecule has 0 radical (unpaired) electrons. The second-order valence-electron chi connectivity index (χ2n) is 6.49. The number of benzene rings is 1. The number of anilines is 1. The van der Waals surface area contributed by atoms with Crippen LogP contribution in [0, 0.1) is 11.8 Å². The predicted molar refractivity (Wildman–Crippen MR) is 77.1 cm³/mol. The molecule has 2 fully saturated rings. The Labute approximate surface area is 123 Å². The van der Waals surface area contributed by atoms with Crippen LogP contribution in [-0.2, 0) is 6.18 Å². The van der Waals surface area contributed by atoms with Gasteiger partial charge in [-0.3, -0.25) is 0 Å². The number of nitrogens with two attached hydrogens (primary N) is 1.